The molecule has 5 aromatic carbocycles. The van der Waals surface area contributed by atoms with Gasteiger partial charge in [-0.3, -0.25) is 0 Å². The lowest BCUT2D eigenvalue weighted by atomic mass is 9.89. The molecule has 0 amide bonds. The third-order valence-electron chi connectivity index (χ3n) is 5.07. The normalized spacial score (nSPS) is 11.0. The van der Waals surface area contributed by atoms with Crippen LogP contribution in [-0.2, 0) is 0 Å². The molecule has 0 aliphatic rings. The minimum absolute atomic E-state index is 0.725. The summed E-state index contributed by atoms with van der Waals surface area (Å²) >= 11 is 0. The Labute approximate surface area is 151 Å². The van der Waals surface area contributed by atoms with Crippen LogP contribution in [0.4, 0.5) is 0 Å². The average Bonchev–Trinajstić information content (AvgIpc) is 2.73. The summed E-state index contributed by atoms with van der Waals surface area (Å²) in [5.41, 5.74) is 2.93. The van der Waals surface area contributed by atoms with Crippen LogP contribution >= 0.6 is 0 Å². The molecule has 5 aromatic rings. The lowest BCUT2D eigenvalue weighted by Gasteiger charge is -2.13. The highest BCUT2D eigenvalue weighted by molar-refractivity contribution is 6.27. The van der Waals surface area contributed by atoms with Gasteiger partial charge in [0.2, 0.25) is 0 Å². The molecule has 0 radical (unpaired) electrons. The fourth-order valence-electron chi connectivity index (χ4n) is 3.92. The summed E-state index contributed by atoms with van der Waals surface area (Å²) in [6.07, 6.45) is 0. The number of rotatable bonds is 1. The number of hydrogen-bond acceptors (Lipinski definition) is 1. The highest BCUT2D eigenvalue weighted by atomic mass is 14.3. The van der Waals surface area contributed by atoms with Crippen molar-refractivity contribution >= 4 is 32.3 Å². The molecule has 0 heterocycles. The van der Waals surface area contributed by atoms with Gasteiger partial charge in [-0.25, -0.2) is 0 Å². The van der Waals surface area contributed by atoms with Crippen LogP contribution in [0.1, 0.15) is 5.56 Å². The Balaban J connectivity index is 2.05. The molecule has 120 valence electrons. The standard InChI is InChI=1S/C25H15N/c26-16-19-14-18(17-8-2-1-3-9-17)15-24-22-12-5-4-10-20(22)21-11-6-7-13-23(21)25(19)24/h1-15H. The van der Waals surface area contributed by atoms with E-state index in [-0.39, 0.29) is 0 Å². The largest absolute Gasteiger partial charge is 0.192 e. The van der Waals surface area contributed by atoms with Crippen molar-refractivity contribution in [3.8, 4) is 17.2 Å². The first-order valence-electron chi connectivity index (χ1n) is 8.69. The van der Waals surface area contributed by atoms with Gasteiger partial charge in [0.25, 0.3) is 0 Å². The van der Waals surface area contributed by atoms with Crippen LogP contribution in [0.5, 0.6) is 0 Å². The zero-order valence-electron chi connectivity index (χ0n) is 14.1. The number of nitrogens with zero attached hydrogens (tertiary/aromatic N) is 1. The summed E-state index contributed by atoms with van der Waals surface area (Å²) in [5, 5.41) is 16.8. The topological polar surface area (TPSA) is 23.8 Å². The van der Waals surface area contributed by atoms with Gasteiger partial charge in [-0.15, -0.1) is 0 Å². The predicted molar refractivity (Wildman–Crippen MR) is 109 cm³/mol. The van der Waals surface area contributed by atoms with Gasteiger partial charge in [0.05, 0.1) is 11.6 Å². The summed E-state index contributed by atoms with van der Waals surface area (Å²) in [5.74, 6) is 0. The van der Waals surface area contributed by atoms with E-state index in [4.69, 9.17) is 0 Å². The first-order valence-corrected chi connectivity index (χ1v) is 8.69. The maximum absolute atomic E-state index is 9.89. The van der Waals surface area contributed by atoms with Crippen LogP contribution in [0, 0.1) is 11.3 Å². The van der Waals surface area contributed by atoms with Gasteiger partial charge in [-0.05, 0) is 50.2 Å². The molecule has 1 nitrogen and oxygen atoms in total. The van der Waals surface area contributed by atoms with Gasteiger partial charge < -0.3 is 0 Å². The fraction of sp³-hybridized carbons (Fsp3) is 0. The minimum atomic E-state index is 0.725. The summed E-state index contributed by atoms with van der Waals surface area (Å²) in [6.45, 7) is 0. The van der Waals surface area contributed by atoms with Crippen LogP contribution in [0.2, 0.25) is 0 Å². The average molecular weight is 329 g/mol. The first kappa shape index (κ1) is 14.7. The molecule has 0 aliphatic carbocycles. The molecular weight excluding hydrogens is 314 g/mol. The Morgan fingerprint density at radius 1 is 0.500 bits per heavy atom. The van der Waals surface area contributed by atoms with E-state index in [0.717, 1.165) is 32.8 Å². The number of hydrogen-bond donors (Lipinski definition) is 0. The second-order valence-corrected chi connectivity index (χ2v) is 6.52. The number of nitriles is 1. The molecule has 0 unspecified atom stereocenters. The molecule has 0 aromatic heterocycles. The Morgan fingerprint density at radius 2 is 1.04 bits per heavy atom. The molecule has 0 saturated carbocycles. The molecule has 0 N–H and O–H groups in total. The van der Waals surface area contributed by atoms with E-state index in [1.807, 2.05) is 30.3 Å². The maximum atomic E-state index is 9.89. The third kappa shape index (κ3) is 2.10. The van der Waals surface area contributed by atoms with Crippen LogP contribution in [0.25, 0.3) is 43.4 Å². The Bertz CT molecular complexity index is 1330. The molecule has 0 fully saturated rings. The summed E-state index contributed by atoms with van der Waals surface area (Å²) in [6, 6.07) is 33.8. The SMILES string of the molecule is N#Cc1cc(-c2ccccc2)cc2c3ccccc3c3ccccc3c12. The van der Waals surface area contributed by atoms with E-state index in [1.54, 1.807) is 0 Å². The highest BCUT2D eigenvalue weighted by Gasteiger charge is 2.13. The van der Waals surface area contributed by atoms with Crippen molar-refractivity contribution < 1.29 is 0 Å². The van der Waals surface area contributed by atoms with E-state index in [9.17, 15) is 5.26 Å². The van der Waals surface area contributed by atoms with Crippen molar-refractivity contribution in [3.05, 3.63) is 96.6 Å². The molecule has 0 saturated heterocycles. The lowest BCUT2D eigenvalue weighted by Crippen LogP contribution is -1.89. The van der Waals surface area contributed by atoms with Gasteiger partial charge in [-0.1, -0.05) is 78.9 Å². The number of benzene rings is 5. The monoisotopic (exact) mass is 329 g/mol. The quantitative estimate of drug-likeness (QED) is 0.314. The molecular formula is C25H15N. The van der Waals surface area contributed by atoms with E-state index >= 15 is 0 Å². The molecule has 0 spiro atoms. The molecule has 26 heavy (non-hydrogen) atoms. The third-order valence-corrected chi connectivity index (χ3v) is 5.07. The molecule has 0 atom stereocenters. The second-order valence-electron chi connectivity index (χ2n) is 6.52. The van der Waals surface area contributed by atoms with Gasteiger partial charge >= 0.3 is 0 Å². The van der Waals surface area contributed by atoms with Crippen molar-refractivity contribution in [1.29, 1.82) is 5.26 Å². The van der Waals surface area contributed by atoms with E-state index in [1.165, 1.54) is 16.2 Å². The van der Waals surface area contributed by atoms with Crippen molar-refractivity contribution in [1.82, 2.24) is 0 Å². The van der Waals surface area contributed by atoms with Gasteiger partial charge in [0.15, 0.2) is 0 Å². The van der Waals surface area contributed by atoms with Crippen molar-refractivity contribution in [2.45, 2.75) is 0 Å². The van der Waals surface area contributed by atoms with Gasteiger partial charge in [-0.2, -0.15) is 5.26 Å². The van der Waals surface area contributed by atoms with Crippen LogP contribution in [0.3, 0.4) is 0 Å². The predicted octanol–water partition coefficient (Wildman–Crippen LogP) is 6.68. The summed E-state index contributed by atoms with van der Waals surface area (Å²) in [7, 11) is 0. The highest BCUT2D eigenvalue weighted by Crippen LogP contribution is 2.38. The Kier molecular flexibility index (Phi) is 3.23. The zero-order valence-corrected chi connectivity index (χ0v) is 14.1. The van der Waals surface area contributed by atoms with Crippen molar-refractivity contribution in [2.75, 3.05) is 0 Å². The van der Waals surface area contributed by atoms with E-state index in [2.05, 4.69) is 66.7 Å². The molecule has 0 aliphatic heterocycles. The van der Waals surface area contributed by atoms with Gasteiger partial charge in [0, 0.05) is 5.39 Å². The zero-order chi connectivity index (χ0) is 17.5. The Hall–Kier alpha value is -3.63. The van der Waals surface area contributed by atoms with Gasteiger partial charge in [0.1, 0.15) is 0 Å². The smallest absolute Gasteiger partial charge is 0.0998 e. The van der Waals surface area contributed by atoms with E-state index < -0.39 is 0 Å². The maximum Gasteiger partial charge on any atom is 0.0998 e. The van der Waals surface area contributed by atoms with Crippen molar-refractivity contribution in [3.63, 3.8) is 0 Å². The minimum Gasteiger partial charge on any atom is -0.192 e. The van der Waals surface area contributed by atoms with Crippen LogP contribution in [-0.4, -0.2) is 0 Å². The van der Waals surface area contributed by atoms with Crippen LogP contribution < -0.4 is 0 Å². The summed E-state index contributed by atoms with van der Waals surface area (Å²) < 4.78 is 0. The van der Waals surface area contributed by atoms with Crippen molar-refractivity contribution in [2.24, 2.45) is 0 Å². The second kappa shape index (κ2) is 5.72. The van der Waals surface area contributed by atoms with Crippen LogP contribution in [0.15, 0.2) is 91.0 Å². The lowest BCUT2D eigenvalue weighted by molar-refractivity contribution is 1.50. The molecule has 1 heteroatoms. The fourth-order valence-corrected chi connectivity index (χ4v) is 3.92. The summed E-state index contributed by atoms with van der Waals surface area (Å²) in [4.78, 5) is 0. The Morgan fingerprint density at radius 3 is 1.69 bits per heavy atom. The number of fused-ring (bicyclic) bond motifs is 6. The molecule has 0 bridgehead atoms. The van der Waals surface area contributed by atoms with E-state index in [0.29, 0.717) is 0 Å². The molecule has 5 rings (SSSR count). The first-order chi connectivity index (χ1) is 12.9.